The smallest absolute Gasteiger partial charge is 0.313 e. The fraction of sp³-hybridized carbons (Fsp3) is 0.438. The number of esters is 1. The third-order valence-corrected chi connectivity index (χ3v) is 3.52. The Hall–Kier alpha value is -1.81. The number of nitrogens with one attached hydrogen (secondary N) is 1. The zero-order valence-corrected chi connectivity index (χ0v) is 12.6. The van der Waals surface area contributed by atoms with Crippen molar-refractivity contribution in [3.05, 3.63) is 36.0 Å². The molecule has 0 unspecified atom stereocenters. The summed E-state index contributed by atoms with van der Waals surface area (Å²) < 4.78 is 6.99. The van der Waals surface area contributed by atoms with Crippen LogP contribution in [-0.2, 0) is 22.6 Å². The number of carbonyl (C=O) groups excluding carboxylic acids is 1. The van der Waals surface area contributed by atoms with Crippen LogP contribution in [0.25, 0.3) is 10.9 Å². The molecule has 4 nitrogen and oxygen atoms in total. The lowest BCUT2D eigenvalue weighted by Crippen LogP contribution is -2.30. The topological polar surface area (TPSA) is 43.3 Å². The van der Waals surface area contributed by atoms with E-state index in [1.54, 1.807) is 0 Å². The third-order valence-electron chi connectivity index (χ3n) is 3.52. The number of aromatic nitrogens is 1. The molecule has 4 heteroatoms. The second kappa shape index (κ2) is 5.67. The minimum absolute atomic E-state index is 0.189. The molecule has 0 bridgehead atoms. The normalized spacial score (nSPS) is 11.8. The van der Waals surface area contributed by atoms with Crippen molar-refractivity contribution in [3.63, 3.8) is 0 Å². The second-order valence-electron chi connectivity index (χ2n) is 5.74. The van der Waals surface area contributed by atoms with E-state index in [0.717, 1.165) is 12.1 Å². The van der Waals surface area contributed by atoms with Crippen molar-refractivity contribution in [1.29, 1.82) is 0 Å². The highest BCUT2D eigenvalue weighted by Gasteiger charge is 2.29. The van der Waals surface area contributed by atoms with Crippen molar-refractivity contribution in [2.45, 2.75) is 26.9 Å². The average Bonchev–Trinajstić information content (AvgIpc) is 2.80. The first-order chi connectivity index (χ1) is 9.47. The fourth-order valence-corrected chi connectivity index (χ4v) is 2.45. The average molecular weight is 274 g/mol. The number of methoxy groups -OCH3 is 1. The molecule has 1 N–H and O–H groups in total. The Bertz CT molecular complexity index is 614. The van der Waals surface area contributed by atoms with E-state index in [-0.39, 0.29) is 5.97 Å². The van der Waals surface area contributed by atoms with E-state index in [2.05, 4.69) is 34.1 Å². The largest absolute Gasteiger partial charge is 0.469 e. The SMILES string of the molecule is CNCc1ccc2ccn(CC(C)(C)C(=O)OC)c2c1. The quantitative estimate of drug-likeness (QED) is 0.852. The van der Waals surface area contributed by atoms with Gasteiger partial charge >= 0.3 is 5.97 Å². The van der Waals surface area contributed by atoms with Gasteiger partial charge in [-0.25, -0.2) is 0 Å². The summed E-state index contributed by atoms with van der Waals surface area (Å²) in [5, 5.41) is 4.34. The third kappa shape index (κ3) is 2.85. The molecule has 0 saturated heterocycles. The molecule has 0 aliphatic heterocycles. The summed E-state index contributed by atoms with van der Waals surface area (Å²) in [6.45, 7) is 5.25. The van der Waals surface area contributed by atoms with Crippen molar-refractivity contribution in [1.82, 2.24) is 9.88 Å². The van der Waals surface area contributed by atoms with Gasteiger partial charge in [0.05, 0.1) is 12.5 Å². The summed E-state index contributed by atoms with van der Waals surface area (Å²) in [6.07, 6.45) is 2.03. The van der Waals surface area contributed by atoms with Crippen LogP contribution < -0.4 is 5.32 Å². The molecule has 0 aliphatic carbocycles. The summed E-state index contributed by atoms with van der Waals surface area (Å²) in [5.41, 5.74) is 1.84. The van der Waals surface area contributed by atoms with Gasteiger partial charge in [0.25, 0.3) is 0 Å². The van der Waals surface area contributed by atoms with Crippen molar-refractivity contribution < 1.29 is 9.53 Å². The first-order valence-electron chi connectivity index (χ1n) is 6.79. The van der Waals surface area contributed by atoms with Crippen LogP contribution in [0.1, 0.15) is 19.4 Å². The molecular weight excluding hydrogens is 252 g/mol. The first kappa shape index (κ1) is 14.6. The number of nitrogens with zero attached hydrogens (tertiary/aromatic N) is 1. The zero-order valence-electron chi connectivity index (χ0n) is 12.6. The van der Waals surface area contributed by atoms with Gasteiger partial charge < -0.3 is 14.6 Å². The highest BCUT2D eigenvalue weighted by Crippen LogP contribution is 2.25. The van der Waals surface area contributed by atoms with E-state index in [0.29, 0.717) is 6.54 Å². The molecule has 20 heavy (non-hydrogen) atoms. The number of fused-ring (bicyclic) bond motifs is 1. The number of ether oxygens (including phenoxy) is 1. The van der Waals surface area contributed by atoms with Crippen LogP contribution in [-0.4, -0.2) is 24.7 Å². The van der Waals surface area contributed by atoms with Crippen LogP contribution in [0, 0.1) is 5.41 Å². The summed E-state index contributed by atoms with van der Waals surface area (Å²) >= 11 is 0. The van der Waals surface area contributed by atoms with E-state index >= 15 is 0 Å². The molecule has 1 aromatic carbocycles. The fourth-order valence-electron chi connectivity index (χ4n) is 2.45. The Labute approximate surface area is 119 Å². The van der Waals surface area contributed by atoms with Gasteiger partial charge in [-0.1, -0.05) is 12.1 Å². The number of hydrogen-bond acceptors (Lipinski definition) is 3. The summed E-state index contributed by atoms with van der Waals surface area (Å²) in [4.78, 5) is 11.8. The molecule has 0 amide bonds. The molecular formula is C16H22N2O2. The predicted molar refractivity (Wildman–Crippen MR) is 80.5 cm³/mol. The van der Waals surface area contributed by atoms with E-state index in [1.807, 2.05) is 27.1 Å². The maximum Gasteiger partial charge on any atom is 0.313 e. The van der Waals surface area contributed by atoms with Crippen molar-refractivity contribution in [2.24, 2.45) is 5.41 Å². The van der Waals surface area contributed by atoms with Crippen molar-refractivity contribution in [3.8, 4) is 0 Å². The van der Waals surface area contributed by atoms with Gasteiger partial charge in [-0.05, 0) is 44.0 Å². The maximum atomic E-state index is 11.8. The lowest BCUT2D eigenvalue weighted by Gasteiger charge is -2.22. The molecule has 1 aromatic heterocycles. The molecule has 0 saturated carbocycles. The van der Waals surface area contributed by atoms with Gasteiger partial charge in [-0.3, -0.25) is 4.79 Å². The van der Waals surface area contributed by atoms with E-state index in [9.17, 15) is 4.79 Å². The predicted octanol–water partition coefficient (Wildman–Crippen LogP) is 2.56. The first-order valence-corrected chi connectivity index (χ1v) is 6.79. The van der Waals surface area contributed by atoms with E-state index in [4.69, 9.17) is 4.74 Å². The van der Waals surface area contributed by atoms with Crippen molar-refractivity contribution >= 4 is 16.9 Å². The lowest BCUT2D eigenvalue weighted by atomic mass is 9.93. The second-order valence-corrected chi connectivity index (χ2v) is 5.74. The molecule has 108 valence electrons. The van der Waals surface area contributed by atoms with Crippen LogP contribution in [0.4, 0.5) is 0 Å². The molecule has 2 rings (SSSR count). The molecule has 2 aromatic rings. The molecule has 0 spiro atoms. The summed E-state index contributed by atoms with van der Waals surface area (Å²) in [5.74, 6) is -0.189. The highest BCUT2D eigenvalue weighted by atomic mass is 16.5. The Kier molecular flexibility index (Phi) is 4.14. The standard InChI is InChI=1S/C16H22N2O2/c1-16(2,15(19)20-4)11-18-8-7-13-6-5-12(10-17-3)9-14(13)18/h5-9,17H,10-11H2,1-4H3. The van der Waals surface area contributed by atoms with Gasteiger partial charge in [-0.15, -0.1) is 0 Å². The van der Waals surface area contributed by atoms with Gasteiger partial charge in [-0.2, -0.15) is 0 Å². The Balaban J connectivity index is 2.34. The minimum Gasteiger partial charge on any atom is -0.469 e. The van der Waals surface area contributed by atoms with Crippen LogP contribution >= 0.6 is 0 Å². The number of hydrogen-bond donors (Lipinski definition) is 1. The number of benzene rings is 1. The molecule has 1 heterocycles. The number of carbonyl (C=O) groups is 1. The van der Waals surface area contributed by atoms with Gasteiger partial charge in [0.1, 0.15) is 0 Å². The Morgan fingerprint density at radius 3 is 2.75 bits per heavy atom. The lowest BCUT2D eigenvalue weighted by molar-refractivity contribution is -0.151. The summed E-state index contributed by atoms with van der Waals surface area (Å²) in [7, 11) is 3.37. The zero-order chi connectivity index (χ0) is 14.8. The Morgan fingerprint density at radius 1 is 1.35 bits per heavy atom. The van der Waals surface area contributed by atoms with Crippen LogP contribution in [0.2, 0.25) is 0 Å². The van der Waals surface area contributed by atoms with Crippen LogP contribution in [0.15, 0.2) is 30.5 Å². The molecule has 0 atom stereocenters. The van der Waals surface area contributed by atoms with Crippen molar-refractivity contribution in [2.75, 3.05) is 14.2 Å². The maximum absolute atomic E-state index is 11.8. The monoisotopic (exact) mass is 274 g/mol. The summed E-state index contributed by atoms with van der Waals surface area (Å²) in [6, 6.07) is 8.48. The van der Waals surface area contributed by atoms with E-state index in [1.165, 1.54) is 18.1 Å². The molecule has 0 aliphatic rings. The molecule has 0 fully saturated rings. The van der Waals surface area contributed by atoms with Gasteiger partial charge in [0.2, 0.25) is 0 Å². The molecule has 0 radical (unpaired) electrons. The van der Waals surface area contributed by atoms with Crippen LogP contribution in [0.3, 0.4) is 0 Å². The minimum atomic E-state index is -0.542. The van der Waals surface area contributed by atoms with Gasteiger partial charge in [0, 0.05) is 24.8 Å². The van der Waals surface area contributed by atoms with Crippen LogP contribution in [0.5, 0.6) is 0 Å². The Morgan fingerprint density at radius 2 is 2.10 bits per heavy atom. The van der Waals surface area contributed by atoms with Gasteiger partial charge in [0.15, 0.2) is 0 Å². The number of rotatable bonds is 5. The highest BCUT2D eigenvalue weighted by molar-refractivity contribution is 5.81. The van der Waals surface area contributed by atoms with E-state index < -0.39 is 5.41 Å².